The molecule has 4 rings (SSSR count). The summed E-state index contributed by atoms with van der Waals surface area (Å²) in [5.74, 6) is -1.35. The SMILES string of the molecule is N#Cc1ccccc1-c1ccc(COC(=O)CC(=O)OCc2ccc(-c3ccccc3C#N)cc2)cc1. The highest BCUT2D eigenvalue weighted by Gasteiger charge is 2.13. The molecule has 4 aromatic carbocycles. The van der Waals surface area contributed by atoms with Gasteiger partial charge in [-0.15, -0.1) is 0 Å². The van der Waals surface area contributed by atoms with E-state index >= 15 is 0 Å². The van der Waals surface area contributed by atoms with E-state index in [-0.39, 0.29) is 13.2 Å². The first kappa shape index (κ1) is 24.9. The number of hydrogen-bond acceptors (Lipinski definition) is 6. The smallest absolute Gasteiger partial charge is 0.317 e. The zero-order chi connectivity index (χ0) is 26.0. The Labute approximate surface area is 214 Å². The van der Waals surface area contributed by atoms with Gasteiger partial charge in [-0.2, -0.15) is 10.5 Å². The van der Waals surface area contributed by atoms with E-state index in [0.717, 1.165) is 33.4 Å². The van der Waals surface area contributed by atoms with E-state index in [4.69, 9.17) is 9.47 Å². The van der Waals surface area contributed by atoms with Gasteiger partial charge >= 0.3 is 11.9 Å². The number of nitrogens with zero attached hydrogens (tertiary/aromatic N) is 2. The normalized spacial score (nSPS) is 10.1. The topological polar surface area (TPSA) is 100 Å². The molecule has 0 unspecified atom stereocenters. The van der Waals surface area contributed by atoms with Crippen molar-refractivity contribution in [3.63, 3.8) is 0 Å². The monoisotopic (exact) mass is 486 g/mol. The van der Waals surface area contributed by atoms with Crippen molar-refractivity contribution in [2.45, 2.75) is 19.6 Å². The molecule has 0 aliphatic carbocycles. The molecule has 37 heavy (non-hydrogen) atoms. The van der Waals surface area contributed by atoms with Crippen molar-refractivity contribution in [2.75, 3.05) is 0 Å². The molecule has 0 aromatic heterocycles. The first-order chi connectivity index (χ1) is 18.1. The van der Waals surface area contributed by atoms with Crippen LogP contribution in [0, 0.1) is 22.7 Å². The predicted molar refractivity (Wildman–Crippen MR) is 137 cm³/mol. The average Bonchev–Trinajstić information content (AvgIpc) is 2.95. The van der Waals surface area contributed by atoms with Gasteiger partial charge in [0, 0.05) is 0 Å². The lowest BCUT2D eigenvalue weighted by molar-refractivity contribution is -0.156. The molecule has 0 amide bonds. The summed E-state index contributed by atoms with van der Waals surface area (Å²) in [6, 6.07) is 33.7. The minimum Gasteiger partial charge on any atom is -0.460 e. The highest BCUT2D eigenvalue weighted by molar-refractivity contribution is 5.91. The zero-order valence-electron chi connectivity index (χ0n) is 19.9. The van der Waals surface area contributed by atoms with Gasteiger partial charge in [-0.05, 0) is 45.5 Å². The number of benzene rings is 4. The van der Waals surface area contributed by atoms with Crippen LogP contribution in [0.15, 0.2) is 97.1 Å². The second-order valence-corrected chi connectivity index (χ2v) is 8.21. The van der Waals surface area contributed by atoms with E-state index in [1.807, 2.05) is 84.9 Å². The van der Waals surface area contributed by atoms with E-state index in [2.05, 4.69) is 12.1 Å². The minimum atomic E-state index is -0.674. The lowest BCUT2D eigenvalue weighted by Gasteiger charge is -2.09. The molecule has 6 nitrogen and oxygen atoms in total. The molecule has 0 spiro atoms. The number of esters is 2. The Hall–Kier alpha value is -5.20. The molecule has 0 fully saturated rings. The molecule has 0 aliphatic heterocycles. The summed E-state index contributed by atoms with van der Waals surface area (Å²) in [6.07, 6.45) is -0.485. The van der Waals surface area contributed by atoms with Gasteiger partial charge in [-0.25, -0.2) is 0 Å². The molecule has 0 atom stereocenters. The first-order valence-corrected chi connectivity index (χ1v) is 11.6. The van der Waals surface area contributed by atoms with Gasteiger partial charge in [0.05, 0.1) is 23.3 Å². The van der Waals surface area contributed by atoms with Crippen LogP contribution in [0.25, 0.3) is 22.3 Å². The summed E-state index contributed by atoms with van der Waals surface area (Å²) < 4.78 is 10.4. The van der Waals surface area contributed by atoms with Gasteiger partial charge in [-0.1, -0.05) is 84.9 Å². The number of hydrogen-bond donors (Lipinski definition) is 0. The van der Waals surface area contributed by atoms with E-state index < -0.39 is 18.4 Å². The Morgan fingerprint density at radius 1 is 0.568 bits per heavy atom. The maximum Gasteiger partial charge on any atom is 0.317 e. The molecular formula is C31H22N2O4. The molecule has 4 aromatic rings. The number of nitriles is 2. The third-order valence-electron chi connectivity index (χ3n) is 5.71. The largest absolute Gasteiger partial charge is 0.460 e. The van der Waals surface area contributed by atoms with Crippen LogP contribution < -0.4 is 0 Å². The maximum absolute atomic E-state index is 12.1. The highest BCUT2D eigenvalue weighted by Crippen LogP contribution is 2.25. The summed E-state index contributed by atoms with van der Waals surface area (Å²) in [4.78, 5) is 24.2. The van der Waals surface area contributed by atoms with Crippen molar-refractivity contribution in [3.05, 3.63) is 119 Å². The van der Waals surface area contributed by atoms with E-state index in [1.54, 1.807) is 12.1 Å². The van der Waals surface area contributed by atoms with Gasteiger partial charge in [0.15, 0.2) is 0 Å². The number of carbonyl (C=O) groups excluding carboxylic acids is 2. The summed E-state index contributed by atoms with van der Waals surface area (Å²) in [6.45, 7) is 0.0514. The van der Waals surface area contributed by atoms with Gasteiger partial charge in [0.25, 0.3) is 0 Å². The number of carbonyl (C=O) groups is 2. The van der Waals surface area contributed by atoms with Crippen molar-refractivity contribution >= 4 is 11.9 Å². The van der Waals surface area contributed by atoms with Crippen molar-refractivity contribution in [3.8, 4) is 34.4 Å². The maximum atomic E-state index is 12.1. The summed E-state index contributed by atoms with van der Waals surface area (Å²) in [7, 11) is 0. The fourth-order valence-corrected chi connectivity index (χ4v) is 3.77. The molecule has 180 valence electrons. The number of ether oxygens (including phenoxy) is 2. The van der Waals surface area contributed by atoms with Crippen LogP contribution >= 0.6 is 0 Å². The molecule has 0 heterocycles. The molecule has 0 saturated heterocycles. The third-order valence-corrected chi connectivity index (χ3v) is 5.71. The van der Waals surface area contributed by atoms with Crippen LogP contribution in [0.1, 0.15) is 28.7 Å². The molecule has 0 radical (unpaired) electrons. The molecule has 0 N–H and O–H groups in total. The van der Waals surface area contributed by atoms with E-state index in [9.17, 15) is 20.1 Å². The minimum absolute atomic E-state index is 0.0257. The quantitative estimate of drug-likeness (QED) is 0.226. The standard InChI is InChI=1S/C31H22N2O4/c32-18-26-5-1-3-7-28(26)24-13-9-22(10-14-24)20-36-30(34)17-31(35)37-21-23-11-15-25(16-12-23)29-8-4-2-6-27(29)19-33/h1-16H,17,20-21H2. The second kappa shape index (κ2) is 12.0. The Kier molecular flexibility index (Phi) is 8.06. The van der Waals surface area contributed by atoms with Crippen LogP contribution in [0.2, 0.25) is 0 Å². The van der Waals surface area contributed by atoms with Gasteiger partial charge < -0.3 is 9.47 Å². The van der Waals surface area contributed by atoms with Crippen molar-refractivity contribution in [1.29, 1.82) is 10.5 Å². The zero-order valence-corrected chi connectivity index (χ0v) is 19.9. The highest BCUT2D eigenvalue weighted by atomic mass is 16.6. The Balaban J connectivity index is 1.24. The van der Waals surface area contributed by atoms with Crippen LogP contribution in [-0.4, -0.2) is 11.9 Å². The van der Waals surface area contributed by atoms with Crippen LogP contribution in [-0.2, 0) is 32.3 Å². The number of rotatable bonds is 8. The first-order valence-electron chi connectivity index (χ1n) is 11.6. The van der Waals surface area contributed by atoms with Crippen molar-refractivity contribution < 1.29 is 19.1 Å². The van der Waals surface area contributed by atoms with Gasteiger partial charge in [-0.3, -0.25) is 9.59 Å². The van der Waals surface area contributed by atoms with Gasteiger partial charge in [0.2, 0.25) is 0 Å². The fraction of sp³-hybridized carbons (Fsp3) is 0.0968. The molecule has 0 saturated carbocycles. The lowest BCUT2D eigenvalue weighted by atomic mass is 9.99. The average molecular weight is 487 g/mol. The second-order valence-electron chi connectivity index (χ2n) is 8.21. The van der Waals surface area contributed by atoms with Crippen LogP contribution in [0.3, 0.4) is 0 Å². The van der Waals surface area contributed by atoms with Crippen molar-refractivity contribution in [1.82, 2.24) is 0 Å². The Morgan fingerprint density at radius 2 is 0.946 bits per heavy atom. The van der Waals surface area contributed by atoms with E-state index in [0.29, 0.717) is 11.1 Å². The molecule has 0 bridgehead atoms. The van der Waals surface area contributed by atoms with Crippen LogP contribution in [0.4, 0.5) is 0 Å². The summed E-state index contributed by atoms with van der Waals surface area (Å²) >= 11 is 0. The molecule has 6 heteroatoms. The lowest BCUT2D eigenvalue weighted by Crippen LogP contribution is -2.13. The predicted octanol–water partition coefficient (Wildman–Crippen LogP) is 5.94. The third kappa shape index (κ3) is 6.48. The Bertz CT molecular complexity index is 1380. The molecular weight excluding hydrogens is 464 g/mol. The fourth-order valence-electron chi connectivity index (χ4n) is 3.77. The summed E-state index contributed by atoms with van der Waals surface area (Å²) in [5, 5.41) is 18.5. The Morgan fingerprint density at radius 3 is 1.32 bits per heavy atom. The van der Waals surface area contributed by atoms with E-state index in [1.165, 1.54) is 0 Å². The van der Waals surface area contributed by atoms with Crippen LogP contribution in [0.5, 0.6) is 0 Å². The van der Waals surface area contributed by atoms with Gasteiger partial charge in [0.1, 0.15) is 19.6 Å². The molecule has 0 aliphatic rings. The summed E-state index contributed by atoms with van der Waals surface area (Å²) in [5.41, 5.74) is 6.13. The van der Waals surface area contributed by atoms with Crippen molar-refractivity contribution in [2.24, 2.45) is 0 Å².